The van der Waals surface area contributed by atoms with Crippen molar-refractivity contribution in [2.24, 2.45) is 0 Å². The highest BCUT2D eigenvalue weighted by atomic mass is 32.1. The average molecular weight is 530 g/mol. The number of nitrogens with zero attached hydrogens (tertiary/aromatic N) is 3. The van der Waals surface area contributed by atoms with E-state index in [1.165, 1.54) is 19.2 Å². The van der Waals surface area contributed by atoms with E-state index in [-0.39, 0.29) is 17.8 Å². The second-order valence-corrected chi connectivity index (χ2v) is 9.20. The molecule has 1 aliphatic rings. The zero-order valence-electron chi connectivity index (χ0n) is 20.7. The number of pyridine rings is 1. The Balaban J connectivity index is 1.41. The number of furan rings is 1. The molecule has 1 saturated heterocycles. The number of ether oxygens (including phenoxy) is 1. The molecule has 4 aromatic rings. The number of aromatic nitrogens is 1. The number of nitro benzene ring substituents is 1. The highest BCUT2D eigenvalue weighted by Gasteiger charge is 2.41. The third-order valence-corrected chi connectivity index (χ3v) is 6.81. The zero-order chi connectivity index (χ0) is 26.5. The molecule has 2 N–H and O–H groups in total. The maximum Gasteiger partial charge on any atom is 0.273 e. The van der Waals surface area contributed by atoms with E-state index in [0.29, 0.717) is 34.5 Å². The van der Waals surface area contributed by atoms with Gasteiger partial charge in [-0.2, -0.15) is 0 Å². The summed E-state index contributed by atoms with van der Waals surface area (Å²) in [4.78, 5) is 17.5. The van der Waals surface area contributed by atoms with Gasteiger partial charge in [-0.3, -0.25) is 15.1 Å². The summed E-state index contributed by atoms with van der Waals surface area (Å²) in [6.45, 7) is 1.49. The number of thiocarbonyl (C=S) groups is 1. The number of para-hydroxylation sites is 1. The van der Waals surface area contributed by atoms with Crippen LogP contribution in [0.25, 0.3) is 11.3 Å². The highest BCUT2D eigenvalue weighted by molar-refractivity contribution is 7.80. The van der Waals surface area contributed by atoms with Gasteiger partial charge in [0.2, 0.25) is 0 Å². The van der Waals surface area contributed by atoms with Crippen molar-refractivity contribution in [3.63, 3.8) is 0 Å². The van der Waals surface area contributed by atoms with Crippen LogP contribution in [0.3, 0.4) is 0 Å². The third kappa shape index (κ3) is 5.30. The van der Waals surface area contributed by atoms with E-state index in [1.54, 1.807) is 12.3 Å². The maximum absolute atomic E-state index is 11.2. The summed E-state index contributed by atoms with van der Waals surface area (Å²) in [5.41, 5.74) is 2.51. The summed E-state index contributed by atoms with van der Waals surface area (Å²) in [5, 5.41) is 18.7. The van der Waals surface area contributed by atoms with Gasteiger partial charge in [-0.05, 0) is 61.1 Å². The first-order valence-corrected chi connectivity index (χ1v) is 12.7. The first kappa shape index (κ1) is 25.2. The molecule has 0 amide bonds. The molecule has 0 spiro atoms. The van der Waals surface area contributed by atoms with E-state index in [1.807, 2.05) is 60.7 Å². The van der Waals surface area contributed by atoms with Gasteiger partial charge in [-0.25, -0.2) is 0 Å². The van der Waals surface area contributed by atoms with Crippen LogP contribution in [-0.4, -0.2) is 40.1 Å². The summed E-state index contributed by atoms with van der Waals surface area (Å²) in [6, 6.07) is 23.7. The minimum atomic E-state index is -0.451. The number of methoxy groups -OCH3 is 1. The number of anilines is 1. The molecule has 0 aliphatic carbocycles. The molecule has 1 fully saturated rings. The number of nitrogens with one attached hydrogen (secondary N) is 2. The van der Waals surface area contributed by atoms with Gasteiger partial charge in [-0.1, -0.05) is 24.3 Å². The number of non-ortho nitro benzene ring substituents is 1. The number of hydrogen-bond donors (Lipinski definition) is 2. The van der Waals surface area contributed by atoms with Crippen LogP contribution in [0.15, 0.2) is 89.5 Å². The van der Waals surface area contributed by atoms with Gasteiger partial charge < -0.3 is 24.7 Å². The fourth-order valence-electron chi connectivity index (χ4n) is 4.65. The number of rotatable bonds is 10. The quantitative estimate of drug-likeness (QED) is 0.115. The average Bonchev–Trinajstić information content (AvgIpc) is 3.56. The lowest BCUT2D eigenvalue weighted by molar-refractivity contribution is -0.384. The van der Waals surface area contributed by atoms with Crippen LogP contribution in [0.2, 0.25) is 0 Å². The van der Waals surface area contributed by atoms with Gasteiger partial charge >= 0.3 is 0 Å². The van der Waals surface area contributed by atoms with Crippen LogP contribution >= 0.6 is 12.2 Å². The van der Waals surface area contributed by atoms with E-state index in [2.05, 4.69) is 20.5 Å². The normalized spacial score (nSPS) is 16.8. The Labute approximate surface area is 225 Å². The second-order valence-electron chi connectivity index (χ2n) is 8.81. The molecule has 194 valence electrons. The van der Waals surface area contributed by atoms with Gasteiger partial charge in [0.25, 0.3) is 5.69 Å². The fourth-order valence-corrected chi connectivity index (χ4v) is 4.98. The van der Waals surface area contributed by atoms with E-state index >= 15 is 0 Å². The Morgan fingerprint density at radius 1 is 1.13 bits per heavy atom. The summed E-state index contributed by atoms with van der Waals surface area (Å²) in [7, 11) is 1.48. The Bertz CT molecular complexity index is 1410. The smallest absolute Gasteiger partial charge is 0.273 e. The molecule has 5 rings (SSSR count). The van der Waals surface area contributed by atoms with Gasteiger partial charge in [0.1, 0.15) is 23.3 Å². The molecule has 0 bridgehead atoms. The lowest BCUT2D eigenvalue weighted by Crippen LogP contribution is -2.31. The van der Waals surface area contributed by atoms with Gasteiger partial charge in [-0.15, -0.1) is 0 Å². The zero-order valence-corrected chi connectivity index (χ0v) is 21.6. The predicted molar refractivity (Wildman–Crippen MR) is 149 cm³/mol. The van der Waals surface area contributed by atoms with Crippen molar-refractivity contribution in [1.82, 2.24) is 15.2 Å². The first-order valence-electron chi connectivity index (χ1n) is 12.2. The van der Waals surface area contributed by atoms with Crippen LogP contribution in [-0.2, 0) is 0 Å². The second kappa shape index (κ2) is 11.3. The van der Waals surface area contributed by atoms with Crippen molar-refractivity contribution in [1.29, 1.82) is 0 Å². The first-order chi connectivity index (χ1) is 18.5. The Kier molecular flexibility index (Phi) is 7.50. The Hall–Kier alpha value is -4.44. The molecule has 9 nitrogen and oxygen atoms in total. The van der Waals surface area contributed by atoms with Crippen molar-refractivity contribution < 1.29 is 14.1 Å². The minimum Gasteiger partial charge on any atom is -0.496 e. The predicted octanol–water partition coefficient (Wildman–Crippen LogP) is 5.73. The van der Waals surface area contributed by atoms with Crippen LogP contribution in [0.1, 0.15) is 30.0 Å². The topological polar surface area (TPSA) is 106 Å². The van der Waals surface area contributed by atoms with Crippen molar-refractivity contribution in [3.05, 3.63) is 107 Å². The SMILES string of the molecule is COc1cc([N+](=O)[O-])ccc1-c1ccc(C2C(c3ccccn3)NC(=S)N2CCCNc2ccccc2)o1. The van der Waals surface area contributed by atoms with Crippen molar-refractivity contribution in [2.75, 3.05) is 25.5 Å². The van der Waals surface area contributed by atoms with Crippen LogP contribution in [0.5, 0.6) is 5.75 Å². The van der Waals surface area contributed by atoms with Crippen molar-refractivity contribution in [2.45, 2.75) is 18.5 Å². The Morgan fingerprint density at radius 2 is 1.95 bits per heavy atom. The molecular formula is C28H27N5O4S. The minimum absolute atomic E-state index is 0.0479. The maximum atomic E-state index is 11.2. The van der Waals surface area contributed by atoms with E-state index in [0.717, 1.165) is 24.3 Å². The summed E-state index contributed by atoms with van der Waals surface area (Å²) >= 11 is 5.76. The van der Waals surface area contributed by atoms with E-state index in [4.69, 9.17) is 21.4 Å². The molecule has 2 atom stereocenters. The van der Waals surface area contributed by atoms with Crippen LogP contribution < -0.4 is 15.4 Å². The molecule has 2 aromatic carbocycles. The van der Waals surface area contributed by atoms with E-state index < -0.39 is 4.92 Å². The molecular weight excluding hydrogens is 502 g/mol. The number of nitro groups is 1. The van der Waals surface area contributed by atoms with Crippen LogP contribution in [0.4, 0.5) is 11.4 Å². The molecule has 38 heavy (non-hydrogen) atoms. The van der Waals surface area contributed by atoms with Gasteiger partial charge in [0, 0.05) is 31.0 Å². The van der Waals surface area contributed by atoms with E-state index in [9.17, 15) is 10.1 Å². The molecule has 2 unspecified atom stereocenters. The lowest BCUT2D eigenvalue weighted by atomic mass is 10.0. The number of benzene rings is 2. The molecule has 0 radical (unpaired) electrons. The van der Waals surface area contributed by atoms with Gasteiger partial charge in [0.05, 0.1) is 35.4 Å². The summed E-state index contributed by atoms with van der Waals surface area (Å²) in [6.07, 6.45) is 2.62. The highest BCUT2D eigenvalue weighted by Crippen LogP contribution is 2.42. The van der Waals surface area contributed by atoms with Crippen molar-refractivity contribution in [3.8, 4) is 17.1 Å². The lowest BCUT2D eigenvalue weighted by Gasteiger charge is -2.26. The van der Waals surface area contributed by atoms with Crippen molar-refractivity contribution >= 4 is 28.7 Å². The molecule has 2 aromatic heterocycles. The fraction of sp³-hybridized carbons (Fsp3) is 0.214. The molecule has 10 heteroatoms. The summed E-state index contributed by atoms with van der Waals surface area (Å²) in [5.74, 6) is 1.62. The largest absolute Gasteiger partial charge is 0.496 e. The summed E-state index contributed by atoms with van der Waals surface area (Å²) < 4.78 is 11.8. The van der Waals surface area contributed by atoms with Crippen LogP contribution in [0, 0.1) is 10.1 Å². The molecule has 3 heterocycles. The molecule has 1 aliphatic heterocycles. The molecule has 0 saturated carbocycles. The standard InChI is InChI=1S/C28H27N5O4S/c1-36-25-18-20(33(34)35)11-12-21(25)23-13-14-24(37-23)27-26(22-10-5-6-15-30-22)31-28(38)32(27)17-7-16-29-19-8-3-2-4-9-19/h2-6,8-15,18,26-27,29H,7,16-17H2,1H3,(H,31,38). The third-order valence-electron chi connectivity index (χ3n) is 6.46. The van der Waals surface area contributed by atoms with Gasteiger partial charge in [0.15, 0.2) is 5.11 Å². The number of hydrogen-bond acceptors (Lipinski definition) is 7. The monoisotopic (exact) mass is 529 g/mol. The Morgan fingerprint density at radius 3 is 2.68 bits per heavy atom.